The first kappa shape index (κ1) is 21.0. The van der Waals surface area contributed by atoms with E-state index >= 15 is 0 Å². The standard InChI is InChI=1S/C18H17N9O2/c19-22-12-18(28)27(16-8-6-15(7-9-16)24-26-21)13-14-4-1-2-5-17(14)29-11-3-10-23-25-20/h1-2,4-9,12H,3,10-11,13H2. The van der Waals surface area contributed by atoms with Crippen LogP contribution in [0.4, 0.5) is 11.4 Å². The van der Waals surface area contributed by atoms with Gasteiger partial charge >= 0.3 is 12.1 Å². The van der Waals surface area contributed by atoms with Crippen molar-refractivity contribution in [2.45, 2.75) is 13.0 Å². The van der Waals surface area contributed by atoms with Gasteiger partial charge in [0.15, 0.2) is 0 Å². The minimum absolute atomic E-state index is 0.151. The van der Waals surface area contributed by atoms with Gasteiger partial charge in [0.05, 0.1) is 13.2 Å². The summed E-state index contributed by atoms with van der Waals surface area (Å²) in [5, 5.41) is 6.96. The average Bonchev–Trinajstić information content (AvgIpc) is 2.74. The Kier molecular flexibility index (Phi) is 8.28. The summed E-state index contributed by atoms with van der Waals surface area (Å²) >= 11 is 0. The minimum Gasteiger partial charge on any atom is -0.493 e. The van der Waals surface area contributed by atoms with E-state index in [1.807, 2.05) is 18.2 Å². The zero-order valence-corrected chi connectivity index (χ0v) is 15.4. The number of amides is 1. The van der Waals surface area contributed by atoms with Gasteiger partial charge in [0.2, 0.25) is 0 Å². The number of nitrogens with zero attached hydrogens (tertiary/aromatic N) is 9. The molecule has 0 unspecified atom stereocenters. The predicted molar refractivity (Wildman–Crippen MR) is 107 cm³/mol. The summed E-state index contributed by atoms with van der Waals surface area (Å²) in [5.74, 6) is 0.0417. The van der Waals surface area contributed by atoms with E-state index < -0.39 is 5.91 Å². The van der Waals surface area contributed by atoms with Crippen molar-refractivity contribution in [1.82, 2.24) is 0 Å². The van der Waals surface area contributed by atoms with Crippen LogP contribution in [-0.2, 0) is 11.3 Å². The monoisotopic (exact) mass is 391 g/mol. The van der Waals surface area contributed by atoms with Crippen LogP contribution in [0.2, 0.25) is 0 Å². The molecule has 0 spiro atoms. The number of hydrogen-bond donors (Lipinski definition) is 0. The van der Waals surface area contributed by atoms with E-state index in [1.165, 1.54) is 4.90 Å². The quantitative estimate of drug-likeness (QED) is 0.191. The Morgan fingerprint density at radius 2 is 1.83 bits per heavy atom. The molecule has 0 N–H and O–H groups in total. The fourth-order valence-electron chi connectivity index (χ4n) is 2.47. The molecule has 0 radical (unpaired) electrons. The molecule has 0 aliphatic carbocycles. The number of hydrogen-bond acceptors (Lipinski definition) is 4. The molecule has 0 atom stereocenters. The first-order chi connectivity index (χ1) is 14.2. The molecule has 0 saturated carbocycles. The third kappa shape index (κ3) is 6.42. The Balaban J connectivity index is 2.25. The van der Waals surface area contributed by atoms with Crippen molar-refractivity contribution in [2.24, 2.45) is 10.2 Å². The third-order valence-electron chi connectivity index (χ3n) is 3.78. The maximum atomic E-state index is 12.4. The summed E-state index contributed by atoms with van der Waals surface area (Å²) in [5.41, 5.74) is 27.2. The van der Waals surface area contributed by atoms with Crippen molar-refractivity contribution in [2.75, 3.05) is 18.1 Å². The van der Waals surface area contributed by atoms with Crippen LogP contribution in [0, 0.1) is 0 Å². The zero-order valence-electron chi connectivity index (χ0n) is 15.4. The maximum absolute atomic E-state index is 12.4. The van der Waals surface area contributed by atoms with Crippen molar-refractivity contribution in [3.63, 3.8) is 0 Å². The van der Waals surface area contributed by atoms with E-state index in [4.69, 9.17) is 21.3 Å². The molecule has 0 saturated heterocycles. The van der Waals surface area contributed by atoms with Crippen LogP contribution in [0.5, 0.6) is 5.75 Å². The van der Waals surface area contributed by atoms with Crippen molar-refractivity contribution in [3.8, 4) is 5.75 Å². The van der Waals surface area contributed by atoms with E-state index in [2.05, 4.69) is 24.8 Å². The summed E-state index contributed by atoms with van der Waals surface area (Å²) in [4.78, 5) is 22.1. The molecule has 2 aromatic carbocycles. The number of carbonyl (C=O) groups excluding carboxylic acids is 1. The Bertz CT molecular complexity index is 987. The largest absolute Gasteiger partial charge is 0.493 e. The van der Waals surface area contributed by atoms with Crippen LogP contribution in [0.3, 0.4) is 0 Å². The number of ether oxygens (including phenoxy) is 1. The highest BCUT2D eigenvalue weighted by atomic mass is 16.5. The van der Waals surface area contributed by atoms with Crippen LogP contribution in [0.1, 0.15) is 12.0 Å². The highest BCUT2D eigenvalue weighted by Crippen LogP contribution is 2.25. The molecule has 11 nitrogen and oxygen atoms in total. The SMILES string of the molecule is [N-]=[N+]=CC(=O)N(Cc1ccccc1OCCCN=[N+]=[N-])c1ccc(N=[N+]=[N-])cc1. The smallest absolute Gasteiger partial charge is 0.345 e. The summed E-state index contributed by atoms with van der Waals surface area (Å²) in [6.45, 7) is 0.828. The van der Waals surface area contributed by atoms with Crippen LogP contribution in [0.15, 0.2) is 58.8 Å². The molecule has 2 rings (SSSR count). The van der Waals surface area contributed by atoms with Gasteiger partial charge in [-0.25, -0.2) is 0 Å². The second-order valence-electron chi connectivity index (χ2n) is 5.64. The average molecular weight is 391 g/mol. The Hall–Kier alpha value is -4.29. The lowest BCUT2D eigenvalue weighted by molar-refractivity contribution is -0.115. The number of para-hydroxylation sites is 1. The molecule has 1 amide bonds. The second-order valence-corrected chi connectivity index (χ2v) is 5.64. The molecule has 0 bridgehead atoms. The number of azide groups is 2. The van der Waals surface area contributed by atoms with Crippen LogP contribution in [-0.4, -0.2) is 30.1 Å². The van der Waals surface area contributed by atoms with Crippen molar-refractivity contribution in [3.05, 3.63) is 80.5 Å². The minimum atomic E-state index is -0.540. The van der Waals surface area contributed by atoms with Gasteiger partial charge in [-0.2, -0.15) is 4.79 Å². The molecule has 0 aliphatic rings. The lowest BCUT2D eigenvalue weighted by atomic mass is 10.1. The van der Waals surface area contributed by atoms with Gasteiger partial charge in [-0.15, -0.1) is 0 Å². The first-order valence-corrected chi connectivity index (χ1v) is 8.55. The van der Waals surface area contributed by atoms with Gasteiger partial charge < -0.3 is 10.3 Å². The van der Waals surface area contributed by atoms with Crippen LogP contribution in [0.25, 0.3) is 26.4 Å². The fraction of sp³-hybridized carbons (Fsp3) is 0.222. The third-order valence-corrected chi connectivity index (χ3v) is 3.78. The maximum Gasteiger partial charge on any atom is 0.345 e. The summed E-state index contributed by atoms with van der Waals surface area (Å²) in [7, 11) is 0. The topological polar surface area (TPSA) is 163 Å². The van der Waals surface area contributed by atoms with E-state index in [0.717, 1.165) is 11.8 Å². The van der Waals surface area contributed by atoms with Crippen molar-refractivity contribution in [1.29, 1.82) is 0 Å². The summed E-state index contributed by atoms with van der Waals surface area (Å²) in [6.07, 6.45) is 1.35. The fourth-order valence-corrected chi connectivity index (χ4v) is 2.47. The molecule has 146 valence electrons. The second kappa shape index (κ2) is 11.4. The molecular formula is C18H17N9O2. The number of rotatable bonds is 10. The van der Waals surface area contributed by atoms with Gasteiger partial charge in [0.1, 0.15) is 5.75 Å². The van der Waals surface area contributed by atoms with E-state index in [9.17, 15) is 4.79 Å². The molecule has 29 heavy (non-hydrogen) atoms. The lowest BCUT2D eigenvalue weighted by Gasteiger charge is -2.21. The molecule has 0 heterocycles. The molecule has 2 aromatic rings. The molecular weight excluding hydrogens is 374 g/mol. The number of carbonyl (C=O) groups is 1. The predicted octanol–water partition coefficient (Wildman–Crippen LogP) is 4.54. The Morgan fingerprint density at radius 3 is 2.52 bits per heavy atom. The van der Waals surface area contributed by atoms with Gasteiger partial charge in [0.25, 0.3) is 0 Å². The van der Waals surface area contributed by atoms with Gasteiger partial charge in [-0.1, -0.05) is 40.6 Å². The summed E-state index contributed by atoms with van der Waals surface area (Å²) in [6, 6.07) is 13.6. The zero-order chi connectivity index (χ0) is 20.9. The Morgan fingerprint density at radius 1 is 1.07 bits per heavy atom. The van der Waals surface area contributed by atoms with Crippen molar-refractivity contribution < 1.29 is 14.3 Å². The highest BCUT2D eigenvalue weighted by molar-refractivity contribution is 6.30. The molecule has 0 fully saturated rings. The van der Waals surface area contributed by atoms with Crippen LogP contribution >= 0.6 is 0 Å². The van der Waals surface area contributed by atoms with E-state index in [1.54, 1.807) is 30.3 Å². The highest BCUT2D eigenvalue weighted by Gasteiger charge is 2.19. The molecule has 0 aromatic heterocycles. The van der Waals surface area contributed by atoms with E-state index in [-0.39, 0.29) is 6.54 Å². The van der Waals surface area contributed by atoms with Crippen LogP contribution < -0.4 is 9.64 Å². The van der Waals surface area contributed by atoms with E-state index in [0.29, 0.717) is 36.7 Å². The lowest BCUT2D eigenvalue weighted by Crippen LogP contribution is -2.31. The molecule has 11 heteroatoms. The van der Waals surface area contributed by atoms with Crippen molar-refractivity contribution >= 4 is 23.5 Å². The normalized spacial score (nSPS) is 9.38. The summed E-state index contributed by atoms with van der Waals surface area (Å²) < 4.78 is 5.75. The molecule has 0 aliphatic heterocycles. The van der Waals surface area contributed by atoms with Gasteiger partial charge in [0, 0.05) is 33.3 Å². The number of anilines is 1. The van der Waals surface area contributed by atoms with Gasteiger partial charge in [-0.3, -0.25) is 9.69 Å². The number of benzene rings is 2. The Labute approximate surface area is 166 Å². The van der Waals surface area contributed by atoms with Gasteiger partial charge in [-0.05, 0) is 35.7 Å². The first-order valence-electron chi connectivity index (χ1n) is 8.55.